The zero-order valence-corrected chi connectivity index (χ0v) is 10.9. The van der Waals surface area contributed by atoms with E-state index < -0.39 is 0 Å². The Hall–Kier alpha value is -2.09. The molecule has 1 aromatic heterocycles. The van der Waals surface area contributed by atoms with Gasteiger partial charge in [-0.25, -0.2) is 0 Å². The van der Waals surface area contributed by atoms with Crippen LogP contribution in [0.1, 0.15) is 41.3 Å². The molecule has 0 unspecified atom stereocenters. The number of anilines is 1. The fourth-order valence-electron chi connectivity index (χ4n) is 1.80. The number of nitrogens with zero attached hydrogens (tertiary/aromatic N) is 2. The number of hydrogen-bond donors (Lipinski definition) is 1. The van der Waals surface area contributed by atoms with Crippen molar-refractivity contribution in [1.29, 1.82) is 5.26 Å². The van der Waals surface area contributed by atoms with E-state index in [-0.39, 0.29) is 11.1 Å². The minimum atomic E-state index is -0.375. The minimum Gasteiger partial charge on any atom is -0.371 e. The van der Waals surface area contributed by atoms with E-state index in [4.69, 9.17) is 5.26 Å². The standard InChI is InChI=1S/C13H17N3O2/c1-4-5-6-15-12-11(8-17)9(2)10(7-14)13(18)16(12)3/h8,15H,4-6H2,1-3H3. The number of carbonyl (C=O) groups excluding carboxylic acids is 1. The number of aldehydes is 1. The van der Waals surface area contributed by atoms with Gasteiger partial charge in [-0.15, -0.1) is 0 Å². The molecule has 0 fully saturated rings. The average molecular weight is 247 g/mol. The fraction of sp³-hybridized carbons (Fsp3) is 0.462. The summed E-state index contributed by atoms with van der Waals surface area (Å²) < 4.78 is 1.32. The molecule has 0 aliphatic rings. The van der Waals surface area contributed by atoms with E-state index in [9.17, 15) is 9.59 Å². The van der Waals surface area contributed by atoms with Gasteiger partial charge in [0.1, 0.15) is 17.5 Å². The molecule has 0 bridgehead atoms. The van der Waals surface area contributed by atoms with Crippen molar-refractivity contribution in [2.24, 2.45) is 7.05 Å². The molecular weight excluding hydrogens is 230 g/mol. The van der Waals surface area contributed by atoms with Crippen molar-refractivity contribution in [1.82, 2.24) is 4.57 Å². The molecule has 1 N–H and O–H groups in total. The molecule has 96 valence electrons. The summed E-state index contributed by atoms with van der Waals surface area (Å²) in [6.07, 6.45) is 2.65. The molecule has 0 saturated carbocycles. The van der Waals surface area contributed by atoms with Crippen LogP contribution in [0.4, 0.5) is 5.82 Å². The third-order valence-corrected chi connectivity index (χ3v) is 2.94. The largest absolute Gasteiger partial charge is 0.371 e. The van der Waals surface area contributed by atoms with Crippen LogP contribution in [0.25, 0.3) is 0 Å². The van der Waals surface area contributed by atoms with Crippen molar-refractivity contribution in [3.63, 3.8) is 0 Å². The van der Waals surface area contributed by atoms with Gasteiger partial charge in [0.15, 0.2) is 6.29 Å². The lowest BCUT2D eigenvalue weighted by atomic mass is 10.1. The van der Waals surface area contributed by atoms with Crippen molar-refractivity contribution in [3.05, 3.63) is 27.0 Å². The van der Waals surface area contributed by atoms with Crippen molar-refractivity contribution < 1.29 is 4.79 Å². The third-order valence-electron chi connectivity index (χ3n) is 2.94. The average Bonchev–Trinajstić information content (AvgIpc) is 2.36. The molecule has 0 aromatic carbocycles. The number of nitrogens with one attached hydrogen (secondary N) is 1. The molecule has 0 aliphatic heterocycles. The highest BCUT2D eigenvalue weighted by molar-refractivity contribution is 5.85. The third kappa shape index (κ3) is 2.43. The summed E-state index contributed by atoms with van der Waals surface area (Å²) >= 11 is 0. The molecule has 0 radical (unpaired) electrons. The highest BCUT2D eigenvalue weighted by Crippen LogP contribution is 2.17. The first-order chi connectivity index (χ1) is 8.58. The summed E-state index contributed by atoms with van der Waals surface area (Å²) in [6.45, 7) is 4.37. The predicted octanol–water partition coefficient (Wildman–Crippen LogP) is 1.59. The first-order valence-electron chi connectivity index (χ1n) is 5.91. The van der Waals surface area contributed by atoms with Gasteiger partial charge in [0.2, 0.25) is 0 Å². The molecule has 1 aromatic rings. The Labute approximate surface area is 106 Å². The van der Waals surface area contributed by atoms with Crippen molar-refractivity contribution in [2.75, 3.05) is 11.9 Å². The Bertz CT molecular complexity index is 553. The van der Waals surface area contributed by atoms with Crippen LogP contribution in [0.5, 0.6) is 0 Å². The zero-order valence-electron chi connectivity index (χ0n) is 10.9. The van der Waals surface area contributed by atoms with Gasteiger partial charge < -0.3 is 5.32 Å². The van der Waals surface area contributed by atoms with E-state index in [1.54, 1.807) is 14.0 Å². The minimum absolute atomic E-state index is 0.0284. The maximum absolute atomic E-state index is 11.9. The maximum atomic E-state index is 11.9. The Morgan fingerprint density at radius 3 is 2.67 bits per heavy atom. The van der Waals surface area contributed by atoms with E-state index in [0.29, 0.717) is 29.8 Å². The predicted molar refractivity (Wildman–Crippen MR) is 69.9 cm³/mol. The van der Waals surface area contributed by atoms with Crippen LogP contribution in [-0.4, -0.2) is 17.4 Å². The second kappa shape index (κ2) is 6.01. The van der Waals surface area contributed by atoms with Gasteiger partial charge in [0.05, 0.1) is 5.56 Å². The van der Waals surface area contributed by atoms with Crippen molar-refractivity contribution in [3.8, 4) is 6.07 Å². The molecule has 5 heteroatoms. The molecule has 5 nitrogen and oxygen atoms in total. The van der Waals surface area contributed by atoms with Gasteiger partial charge >= 0.3 is 0 Å². The van der Waals surface area contributed by atoms with Crippen LogP contribution < -0.4 is 10.9 Å². The van der Waals surface area contributed by atoms with Gasteiger partial charge in [0, 0.05) is 13.6 Å². The summed E-state index contributed by atoms with van der Waals surface area (Å²) in [5.74, 6) is 0.486. The molecule has 0 spiro atoms. The quantitative estimate of drug-likeness (QED) is 0.633. The SMILES string of the molecule is CCCCNc1c(C=O)c(C)c(C#N)c(=O)n1C. The molecule has 1 heterocycles. The monoisotopic (exact) mass is 247 g/mol. The van der Waals surface area contributed by atoms with Gasteiger partial charge in [-0.3, -0.25) is 14.2 Å². The normalized spacial score (nSPS) is 9.89. The van der Waals surface area contributed by atoms with Gasteiger partial charge in [-0.05, 0) is 18.9 Å². The molecule has 18 heavy (non-hydrogen) atoms. The van der Waals surface area contributed by atoms with E-state index in [0.717, 1.165) is 12.8 Å². The molecule has 0 amide bonds. The molecule has 1 rings (SSSR count). The van der Waals surface area contributed by atoms with Crippen LogP contribution in [0.2, 0.25) is 0 Å². The lowest BCUT2D eigenvalue weighted by Gasteiger charge is -2.15. The number of nitriles is 1. The molecule has 0 aliphatic carbocycles. The number of hydrogen-bond acceptors (Lipinski definition) is 4. The summed E-state index contributed by atoms with van der Waals surface area (Å²) in [7, 11) is 1.56. The summed E-state index contributed by atoms with van der Waals surface area (Å²) in [4.78, 5) is 23.1. The maximum Gasteiger partial charge on any atom is 0.270 e. The van der Waals surface area contributed by atoms with Gasteiger partial charge in [-0.2, -0.15) is 5.26 Å². The van der Waals surface area contributed by atoms with E-state index >= 15 is 0 Å². The van der Waals surface area contributed by atoms with Gasteiger partial charge in [0.25, 0.3) is 5.56 Å². The van der Waals surface area contributed by atoms with E-state index in [2.05, 4.69) is 12.2 Å². The number of aromatic nitrogens is 1. The van der Waals surface area contributed by atoms with Crippen molar-refractivity contribution in [2.45, 2.75) is 26.7 Å². The summed E-state index contributed by atoms with van der Waals surface area (Å²) in [5.41, 5.74) is 0.472. The Balaban J connectivity index is 3.38. The first kappa shape index (κ1) is 14.0. The number of carbonyl (C=O) groups is 1. The number of unbranched alkanes of at least 4 members (excludes halogenated alkanes) is 1. The lowest BCUT2D eigenvalue weighted by molar-refractivity contribution is 0.112. The second-order valence-corrected chi connectivity index (χ2v) is 4.14. The zero-order chi connectivity index (χ0) is 13.7. The van der Waals surface area contributed by atoms with Crippen LogP contribution in [0, 0.1) is 18.3 Å². The number of pyridine rings is 1. The van der Waals surface area contributed by atoms with E-state index in [1.807, 2.05) is 6.07 Å². The highest BCUT2D eigenvalue weighted by Gasteiger charge is 2.16. The highest BCUT2D eigenvalue weighted by atomic mass is 16.1. The number of rotatable bonds is 5. The smallest absolute Gasteiger partial charge is 0.270 e. The van der Waals surface area contributed by atoms with Crippen molar-refractivity contribution >= 4 is 12.1 Å². The first-order valence-corrected chi connectivity index (χ1v) is 5.91. The Morgan fingerprint density at radius 1 is 1.50 bits per heavy atom. The molecule has 0 saturated heterocycles. The van der Waals surface area contributed by atoms with Gasteiger partial charge in [-0.1, -0.05) is 13.3 Å². The molecular formula is C13H17N3O2. The summed E-state index contributed by atoms with van der Waals surface area (Å²) in [6, 6.07) is 1.85. The van der Waals surface area contributed by atoms with Crippen LogP contribution in [-0.2, 0) is 7.05 Å². The van der Waals surface area contributed by atoms with Crippen LogP contribution in [0.3, 0.4) is 0 Å². The lowest BCUT2D eigenvalue weighted by Crippen LogP contribution is -2.26. The second-order valence-electron chi connectivity index (χ2n) is 4.14. The molecule has 0 atom stereocenters. The van der Waals surface area contributed by atoms with Crippen LogP contribution in [0.15, 0.2) is 4.79 Å². The van der Waals surface area contributed by atoms with Crippen LogP contribution >= 0.6 is 0 Å². The Morgan fingerprint density at radius 2 is 2.17 bits per heavy atom. The summed E-state index contributed by atoms with van der Waals surface area (Å²) in [5, 5.41) is 12.0. The fourth-order valence-corrected chi connectivity index (χ4v) is 1.80. The topological polar surface area (TPSA) is 74.9 Å². The van der Waals surface area contributed by atoms with E-state index in [1.165, 1.54) is 4.57 Å². The Kier molecular flexibility index (Phi) is 4.67.